The van der Waals surface area contributed by atoms with Crippen molar-refractivity contribution in [3.8, 4) is 5.75 Å². The topological polar surface area (TPSA) is 49.7 Å². The van der Waals surface area contributed by atoms with Gasteiger partial charge in [-0.05, 0) is 18.2 Å². The molecule has 0 fully saturated rings. The van der Waals surface area contributed by atoms with E-state index in [-0.39, 0.29) is 16.2 Å². The number of ether oxygens (including phenoxy) is 1. The second-order valence-electron chi connectivity index (χ2n) is 2.16. The molecule has 5 heteroatoms. The summed E-state index contributed by atoms with van der Waals surface area (Å²) in [6.45, 7) is 0. The van der Waals surface area contributed by atoms with E-state index < -0.39 is 14.2 Å². The summed E-state index contributed by atoms with van der Waals surface area (Å²) in [5, 5.41) is 18.2. The van der Waals surface area contributed by atoms with Crippen molar-refractivity contribution in [3.05, 3.63) is 23.2 Å². The number of hydrogen-bond donors (Lipinski definition) is 2. The molecule has 0 bridgehead atoms. The highest BCUT2D eigenvalue weighted by molar-refractivity contribution is 6.60. The van der Waals surface area contributed by atoms with Crippen LogP contribution in [-0.4, -0.2) is 24.2 Å². The largest absolute Gasteiger partial charge is 0.497 e. The fourth-order valence-corrected chi connectivity index (χ4v) is 0.995. The molecule has 0 aromatic heterocycles. The fraction of sp³-hybridized carbons (Fsp3) is 0.143. The maximum atomic E-state index is 8.96. The van der Waals surface area contributed by atoms with Crippen molar-refractivity contribution in [2.24, 2.45) is 0 Å². The van der Waals surface area contributed by atoms with Crippen LogP contribution < -0.4 is 10.2 Å². The van der Waals surface area contributed by atoms with Crippen molar-refractivity contribution >= 4 is 24.2 Å². The molecule has 0 saturated heterocycles. The Kier molecular flexibility index (Phi) is 1.86. The summed E-state index contributed by atoms with van der Waals surface area (Å²) in [5.74, 6) is -0.130. The van der Waals surface area contributed by atoms with Gasteiger partial charge >= 0.3 is 7.12 Å². The molecule has 0 atom stereocenters. The molecule has 0 unspecified atom stereocenters. The number of hydrogen-bond acceptors (Lipinski definition) is 3. The predicted octanol–water partition coefficient (Wildman–Crippen LogP) is 0.0284. The Bertz CT molecular complexity index is 356. The molecular weight excluding hydrogens is 178 g/mol. The molecule has 12 heavy (non-hydrogen) atoms. The summed E-state index contributed by atoms with van der Waals surface area (Å²) >= 11 is 5.61. The van der Waals surface area contributed by atoms with Crippen LogP contribution in [0.1, 0.15) is 4.11 Å². The molecule has 0 radical (unpaired) electrons. The Morgan fingerprint density at radius 3 is 2.92 bits per heavy atom. The molecule has 64 valence electrons. The Balaban J connectivity index is 3.06. The molecule has 0 aliphatic heterocycles. The molecule has 1 aromatic carbocycles. The van der Waals surface area contributed by atoms with Crippen LogP contribution in [0.4, 0.5) is 0 Å². The highest BCUT2D eigenvalue weighted by Crippen LogP contribution is 2.13. The summed E-state index contributed by atoms with van der Waals surface area (Å²) in [5.41, 5.74) is -0.0846. The van der Waals surface area contributed by atoms with Gasteiger partial charge in [-0.25, -0.2) is 0 Å². The minimum Gasteiger partial charge on any atom is -0.497 e. The average molecular weight is 189 g/mol. The number of halogens is 1. The van der Waals surface area contributed by atoms with Crippen LogP contribution in [0, 0.1) is 0 Å². The first-order valence-corrected chi connectivity index (χ1v) is 3.52. The number of benzene rings is 1. The van der Waals surface area contributed by atoms with E-state index in [1.54, 1.807) is 0 Å². The normalized spacial score (nSPS) is 14.4. The molecule has 3 nitrogen and oxygen atoms in total. The molecule has 0 heterocycles. The van der Waals surface area contributed by atoms with Crippen LogP contribution in [-0.2, 0) is 0 Å². The van der Waals surface area contributed by atoms with Gasteiger partial charge in [-0.3, -0.25) is 0 Å². The van der Waals surface area contributed by atoms with Gasteiger partial charge in [-0.2, -0.15) is 0 Å². The van der Waals surface area contributed by atoms with Crippen LogP contribution in [0.15, 0.2) is 18.2 Å². The molecule has 0 spiro atoms. The first-order chi connectivity index (χ1) is 6.79. The molecular formula is C7H8BClO3. The van der Waals surface area contributed by atoms with E-state index >= 15 is 0 Å². The van der Waals surface area contributed by atoms with E-state index in [9.17, 15) is 0 Å². The van der Waals surface area contributed by atoms with E-state index in [0.29, 0.717) is 0 Å². The quantitative estimate of drug-likeness (QED) is 0.645. The lowest BCUT2D eigenvalue weighted by atomic mass is 9.79. The van der Waals surface area contributed by atoms with Gasteiger partial charge in [0.05, 0.1) is 11.2 Å². The van der Waals surface area contributed by atoms with Crippen LogP contribution >= 0.6 is 11.6 Å². The zero-order valence-corrected chi connectivity index (χ0v) is 6.75. The first kappa shape index (κ1) is 5.86. The van der Waals surface area contributed by atoms with Crippen molar-refractivity contribution in [2.75, 3.05) is 7.04 Å². The SMILES string of the molecule is [2H]C([2H])([2H])Oc1ccc(Cl)cc1B(O)O. The Morgan fingerprint density at radius 1 is 1.58 bits per heavy atom. The van der Waals surface area contributed by atoms with Crippen molar-refractivity contribution in [1.29, 1.82) is 0 Å². The van der Waals surface area contributed by atoms with Gasteiger partial charge in [0.15, 0.2) is 0 Å². The monoisotopic (exact) mass is 189 g/mol. The van der Waals surface area contributed by atoms with Crippen molar-refractivity contribution in [2.45, 2.75) is 0 Å². The van der Waals surface area contributed by atoms with Crippen molar-refractivity contribution in [3.63, 3.8) is 0 Å². The summed E-state index contributed by atoms with van der Waals surface area (Å²) in [4.78, 5) is 0. The second-order valence-corrected chi connectivity index (χ2v) is 2.59. The zero-order valence-electron chi connectivity index (χ0n) is 8.99. The minimum absolute atomic E-state index is 0.0846. The smallest absolute Gasteiger partial charge is 0.492 e. The summed E-state index contributed by atoms with van der Waals surface area (Å²) in [7, 11) is -4.47. The minimum atomic E-state index is -2.64. The van der Waals surface area contributed by atoms with Gasteiger partial charge < -0.3 is 14.8 Å². The van der Waals surface area contributed by atoms with Gasteiger partial charge in [0.25, 0.3) is 0 Å². The molecule has 0 aliphatic rings. The maximum absolute atomic E-state index is 8.96. The molecule has 0 aliphatic carbocycles. The number of rotatable bonds is 2. The van der Waals surface area contributed by atoms with Gasteiger partial charge in [-0.15, -0.1) is 0 Å². The first-order valence-electron chi connectivity index (χ1n) is 4.64. The van der Waals surface area contributed by atoms with Gasteiger partial charge in [0.2, 0.25) is 0 Å². The highest BCUT2D eigenvalue weighted by atomic mass is 35.5. The predicted molar refractivity (Wildman–Crippen MR) is 47.8 cm³/mol. The Morgan fingerprint density at radius 2 is 2.33 bits per heavy atom. The summed E-state index contributed by atoms with van der Waals surface area (Å²) < 4.78 is 25.2. The standard InChI is InChI=1S/C7H8BClO3/c1-12-7-3-2-5(9)4-6(7)8(10)11/h2-4,10-11H,1H3/i1D3. The Labute approximate surface area is 79.9 Å². The molecule has 2 N–H and O–H groups in total. The second kappa shape index (κ2) is 3.80. The third-order valence-corrected chi connectivity index (χ3v) is 1.60. The molecule has 1 aromatic rings. The van der Waals surface area contributed by atoms with E-state index in [4.69, 9.17) is 25.8 Å². The highest BCUT2D eigenvalue weighted by Gasteiger charge is 2.16. The van der Waals surface area contributed by atoms with E-state index in [0.717, 1.165) is 0 Å². The summed E-state index contributed by atoms with van der Waals surface area (Å²) in [6.07, 6.45) is 0. The summed E-state index contributed by atoms with van der Waals surface area (Å²) in [6, 6.07) is 3.89. The third kappa shape index (κ3) is 1.91. The van der Waals surface area contributed by atoms with E-state index in [1.807, 2.05) is 0 Å². The number of methoxy groups -OCH3 is 1. The van der Waals surface area contributed by atoms with Gasteiger partial charge in [0.1, 0.15) is 5.75 Å². The average Bonchev–Trinajstić information content (AvgIpc) is 2.05. The van der Waals surface area contributed by atoms with E-state index in [2.05, 4.69) is 4.74 Å². The molecule has 0 saturated carbocycles. The van der Waals surface area contributed by atoms with E-state index in [1.165, 1.54) is 18.2 Å². The molecule has 1 rings (SSSR count). The van der Waals surface area contributed by atoms with Crippen molar-refractivity contribution < 1.29 is 18.9 Å². The van der Waals surface area contributed by atoms with Crippen LogP contribution in [0.5, 0.6) is 5.75 Å². The Hall–Kier alpha value is -0.705. The van der Waals surface area contributed by atoms with Crippen LogP contribution in [0.25, 0.3) is 0 Å². The third-order valence-electron chi connectivity index (χ3n) is 1.36. The maximum Gasteiger partial charge on any atom is 0.492 e. The lowest BCUT2D eigenvalue weighted by Crippen LogP contribution is -2.31. The zero-order chi connectivity index (χ0) is 11.6. The van der Waals surface area contributed by atoms with Crippen LogP contribution in [0.2, 0.25) is 5.02 Å². The van der Waals surface area contributed by atoms with Crippen LogP contribution in [0.3, 0.4) is 0 Å². The lowest BCUT2D eigenvalue weighted by Gasteiger charge is -2.06. The fourth-order valence-electron chi connectivity index (χ4n) is 0.814. The molecule has 0 amide bonds. The van der Waals surface area contributed by atoms with Gasteiger partial charge in [0, 0.05) is 10.5 Å². The lowest BCUT2D eigenvalue weighted by molar-refractivity contribution is 0.403. The van der Waals surface area contributed by atoms with Gasteiger partial charge in [-0.1, -0.05) is 11.6 Å². The van der Waals surface area contributed by atoms with Crippen molar-refractivity contribution in [1.82, 2.24) is 0 Å².